The van der Waals surface area contributed by atoms with E-state index in [1.54, 1.807) is 43.8 Å². The fourth-order valence-electron chi connectivity index (χ4n) is 2.79. The Bertz CT molecular complexity index is 1270. The van der Waals surface area contributed by atoms with Gasteiger partial charge in [0.2, 0.25) is 11.6 Å². The normalized spacial score (nSPS) is 10.9. The second-order valence-corrected chi connectivity index (χ2v) is 7.14. The van der Waals surface area contributed by atoms with Crippen molar-refractivity contribution >= 4 is 29.0 Å². The summed E-state index contributed by atoms with van der Waals surface area (Å²) in [5.41, 5.74) is 0.926. The first-order valence-corrected chi connectivity index (χ1v) is 9.83. The molecule has 4 aromatic rings. The average molecular weight is 425 g/mol. The van der Waals surface area contributed by atoms with Crippen LogP contribution in [0.4, 0.5) is 10.1 Å². The maximum atomic E-state index is 12.9. The predicted molar refractivity (Wildman–Crippen MR) is 111 cm³/mol. The fraction of sp³-hybridized carbons (Fsp3) is 0.100. The maximum absolute atomic E-state index is 12.9. The SMILES string of the molecule is COc1cccc(-n2ccn3c(SCC(=O)Nc4ccc(F)cc4)nnc3c2=O)c1. The molecule has 0 radical (unpaired) electrons. The molecule has 0 spiro atoms. The highest BCUT2D eigenvalue weighted by atomic mass is 32.2. The lowest BCUT2D eigenvalue weighted by molar-refractivity contribution is -0.113. The van der Waals surface area contributed by atoms with Crippen LogP contribution in [-0.2, 0) is 4.79 Å². The molecular formula is C20H16FN5O3S. The van der Waals surface area contributed by atoms with Gasteiger partial charge < -0.3 is 10.1 Å². The van der Waals surface area contributed by atoms with Crippen LogP contribution in [0.3, 0.4) is 0 Å². The van der Waals surface area contributed by atoms with Gasteiger partial charge >= 0.3 is 5.56 Å². The van der Waals surface area contributed by atoms with E-state index in [9.17, 15) is 14.0 Å². The number of thioether (sulfide) groups is 1. The fourth-order valence-corrected chi connectivity index (χ4v) is 3.51. The molecule has 30 heavy (non-hydrogen) atoms. The smallest absolute Gasteiger partial charge is 0.300 e. The van der Waals surface area contributed by atoms with Crippen molar-refractivity contribution in [1.29, 1.82) is 0 Å². The Morgan fingerprint density at radius 2 is 1.97 bits per heavy atom. The molecule has 152 valence electrons. The predicted octanol–water partition coefficient (Wildman–Crippen LogP) is 2.76. The second-order valence-electron chi connectivity index (χ2n) is 6.19. The van der Waals surface area contributed by atoms with Crippen molar-refractivity contribution < 1.29 is 13.9 Å². The number of halogens is 1. The summed E-state index contributed by atoms with van der Waals surface area (Å²) in [5, 5.41) is 11.1. The van der Waals surface area contributed by atoms with E-state index in [1.807, 2.05) is 0 Å². The molecule has 0 bridgehead atoms. The van der Waals surface area contributed by atoms with Gasteiger partial charge in [0.1, 0.15) is 11.6 Å². The van der Waals surface area contributed by atoms with Crippen molar-refractivity contribution in [3.8, 4) is 11.4 Å². The molecule has 0 saturated heterocycles. The molecule has 4 rings (SSSR count). The van der Waals surface area contributed by atoms with Crippen LogP contribution in [0.5, 0.6) is 5.75 Å². The Labute approximate surface area is 174 Å². The number of ether oxygens (including phenoxy) is 1. The summed E-state index contributed by atoms with van der Waals surface area (Å²) in [6, 6.07) is 12.6. The molecule has 10 heteroatoms. The van der Waals surface area contributed by atoms with Crippen LogP contribution in [0.25, 0.3) is 11.3 Å². The maximum Gasteiger partial charge on any atom is 0.300 e. The third-order valence-corrected chi connectivity index (χ3v) is 5.17. The Morgan fingerprint density at radius 1 is 1.17 bits per heavy atom. The lowest BCUT2D eigenvalue weighted by Gasteiger charge is -2.08. The van der Waals surface area contributed by atoms with Crippen LogP contribution in [0.2, 0.25) is 0 Å². The molecule has 0 aliphatic rings. The number of hydrogen-bond donors (Lipinski definition) is 1. The Hall–Kier alpha value is -3.66. The van der Waals surface area contributed by atoms with Gasteiger partial charge in [0, 0.05) is 24.1 Å². The van der Waals surface area contributed by atoms with Gasteiger partial charge in [-0.1, -0.05) is 17.8 Å². The number of rotatable bonds is 6. The molecule has 2 heterocycles. The molecule has 0 unspecified atom stereocenters. The minimum Gasteiger partial charge on any atom is -0.497 e. The topological polar surface area (TPSA) is 90.5 Å². The van der Waals surface area contributed by atoms with Crippen LogP contribution in [-0.4, -0.2) is 37.9 Å². The van der Waals surface area contributed by atoms with Crippen molar-refractivity contribution in [2.75, 3.05) is 18.2 Å². The van der Waals surface area contributed by atoms with Crippen LogP contribution < -0.4 is 15.6 Å². The van der Waals surface area contributed by atoms with Gasteiger partial charge in [-0.25, -0.2) is 4.39 Å². The molecule has 0 atom stereocenters. The molecule has 1 N–H and O–H groups in total. The summed E-state index contributed by atoms with van der Waals surface area (Å²) >= 11 is 1.14. The number of carbonyl (C=O) groups excluding carboxylic acids is 1. The van der Waals surface area contributed by atoms with Crippen molar-refractivity contribution in [3.63, 3.8) is 0 Å². The van der Waals surface area contributed by atoms with E-state index in [0.29, 0.717) is 22.3 Å². The minimum absolute atomic E-state index is 0.0527. The molecule has 2 aromatic heterocycles. The molecule has 0 aliphatic carbocycles. The van der Waals surface area contributed by atoms with Crippen molar-refractivity contribution in [2.45, 2.75) is 5.16 Å². The van der Waals surface area contributed by atoms with Gasteiger partial charge in [-0.2, -0.15) is 0 Å². The van der Waals surface area contributed by atoms with Gasteiger partial charge in [0.25, 0.3) is 0 Å². The number of anilines is 1. The Morgan fingerprint density at radius 3 is 2.73 bits per heavy atom. The van der Waals surface area contributed by atoms with E-state index in [-0.39, 0.29) is 28.7 Å². The highest BCUT2D eigenvalue weighted by Gasteiger charge is 2.14. The van der Waals surface area contributed by atoms with Gasteiger partial charge in [0.05, 0.1) is 18.6 Å². The van der Waals surface area contributed by atoms with Crippen LogP contribution in [0, 0.1) is 5.82 Å². The van der Waals surface area contributed by atoms with E-state index in [1.165, 1.54) is 33.2 Å². The Balaban J connectivity index is 1.52. The van der Waals surface area contributed by atoms with Crippen LogP contribution >= 0.6 is 11.8 Å². The van der Waals surface area contributed by atoms with Crippen LogP contribution in [0.15, 0.2) is 70.9 Å². The van der Waals surface area contributed by atoms with Crippen LogP contribution in [0.1, 0.15) is 0 Å². The first kappa shape index (κ1) is 19.6. The quantitative estimate of drug-likeness (QED) is 0.478. The zero-order chi connectivity index (χ0) is 21.1. The summed E-state index contributed by atoms with van der Waals surface area (Å²) in [4.78, 5) is 25.0. The molecule has 1 amide bonds. The highest BCUT2D eigenvalue weighted by molar-refractivity contribution is 7.99. The number of nitrogens with zero attached hydrogens (tertiary/aromatic N) is 4. The van der Waals surface area contributed by atoms with Gasteiger partial charge in [-0.15, -0.1) is 10.2 Å². The lowest BCUT2D eigenvalue weighted by atomic mass is 10.3. The van der Waals surface area contributed by atoms with Crippen molar-refractivity contribution in [2.24, 2.45) is 0 Å². The van der Waals surface area contributed by atoms with Gasteiger partial charge in [-0.3, -0.25) is 18.6 Å². The van der Waals surface area contributed by atoms with E-state index < -0.39 is 0 Å². The molecule has 0 fully saturated rings. The van der Waals surface area contributed by atoms with Crippen molar-refractivity contribution in [3.05, 3.63) is 77.1 Å². The highest BCUT2D eigenvalue weighted by Crippen LogP contribution is 2.18. The summed E-state index contributed by atoms with van der Waals surface area (Å²) in [5.74, 6) is 0.0195. The van der Waals surface area contributed by atoms with E-state index in [0.717, 1.165) is 11.8 Å². The molecule has 2 aromatic carbocycles. The number of benzene rings is 2. The summed E-state index contributed by atoms with van der Waals surface area (Å²) in [6.07, 6.45) is 3.27. The summed E-state index contributed by atoms with van der Waals surface area (Å²) in [6.45, 7) is 0. The lowest BCUT2D eigenvalue weighted by Crippen LogP contribution is -2.20. The first-order chi connectivity index (χ1) is 14.5. The number of amides is 1. The monoisotopic (exact) mass is 425 g/mol. The van der Waals surface area contributed by atoms with E-state index in [2.05, 4.69) is 15.5 Å². The number of nitrogens with one attached hydrogen (secondary N) is 1. The zero-order valence-corrected chi connectivity index (χ0v) is 16.6. The first-order valence-electron chi connectivity index (χ1n) is 8.84. The van der Waals surface area contributed by atoms with Gasteiger partial charge in [0.15, 0.2) is 5.16 Å². The number of methoxy groups -OCH3 is 1. The molecule has 8 nitrogen and oxygen atoms in total. The number of hydrogen-bond acceptors (Lipinski definition) is 6. The zero-order valence-electron chi connectivity index (χ0n) is 15.8. The standard InChI is InChI=1S/C20H16FN5O3S/c1-29-16-4-2-3-15(11-16)25-9-10-26-18(19(25)28)23-24-20(26)30-12-17(27)22-14-7-5-13(21)6-8-14/h2-11H,12H2,1H3,(H,22,27). The third-order valence-electron chi connectivity index (χ3n) is 4.23. The summed E-state index contributed by atoms with van der Waals surface area (Å²) < 4.78 is 21.1. The number of aromatic nitrogens is 4. The third kappa shape index (κ3) is 4.03. The number of fused-ring (bicyclic) bond motifs is 1. The molecule has 0 saturated carbocycles. The van der Waals surface area contributed by atoms with E-state index >= 15 is 0 Å². The molecule has 0 aliphatic heterocycles. The summed E-state index contributed by atoms with van der Waals surface area (Å²) in [7, 11) is 1.55. The minimum atomic E-state index is -0.378. The van der Waals surface area contributed by atoms with Crippen molar-refractivity contribution in [1.82, 2.24) is 19.2 Å². The average Bonchev–Trinajstić information content (AvgIpc) is 3.18. The largest absolute Gasteiger partial charge is 0.497 e. The Kier molecular flexibility index (Phi) is 5.48. The number of carbonyl (C=O) groups is 1. The molecular weight excluding hydrogens is 409 g/mol. The van der Waals surface area contributed by atoms with E-state index in [4.69, 9.17) is 4.74 Å². The van der Waals surface area contributed by atoms with Gasteiger partial charge in [-0.05, 0) is 36.4 Å². The second kappa shape index (κ2) is 8.37.